The van der Waals surface area contributed by atoms with E-state index in [4.69, 9.17) is 0 Å². The van der Waals surface area contributed by atoms with Crippen molar-refractivity contribution in [2.45, 2.75) is 83.2 Å². The summed E-state index contributed by atoms with van der Waals surface area (Å²) in [7, 11) is 0. The lowest BCUT2D eigenvalue weighted by atomic mass is 9.73. The van der Waals surface area contributed by atoms with E-state index in [1.54, 1.807) is 0 Å². The molecule has 0 amide bonds. The van der Waals surface area contributed by atoms with E-state index >= 15 is 0 Å². The summed E-state index contributed by atoms with van der Waals surface area (Å²) in [5.41, 5.74) is 6.89. The summed E-state index contributed by atoms with van der Waals surface area (Å²) < 4.78 is 2.40. The number of benzene rings is 2. The molecule has 2 aromatic heterocycles. The largest absolute Gasteiger partial charge is 0.481 e. The minimum absolute atomic E-state index is 0.640. The molecule has 0 spiro atoms. The molecule has 1 aliphatic heterocycles. The fourth-order valence-corrected chi connectivity index (χ4v) is 8.38. The van der Waals surface area contributed by atoms with Crippen LogP contribution in [0.1, 0.15) is 90.6 Å². The summed E-state index contributed by atoms with van der Waals surface area (Å²) >= 11 is 1.87. The van der Waals surface area contributed by atoms with Crippen molar-refractivity contribution in [2.75, 3.05) is 13.1 Å². The second-order valence-electron chi connectivity index (χ2n) is 12.6. The maximum atomic E-state index is 12.4. The van der Waals surface area contributed by atoms with Crippen LogP contribution in [0.2, 0.25) is 0 Å². The van der Waals surface area contributed by atoms with E-state index in [1.807, 2.05) is 41.7 Å². The van der Waals surface area contributed by atoms with E-state index in [0.717, 1.165) is 37.7 Å². The normalized spacial score (nSPS) is 17.9. The van der Waals surface area contributed by atoms with Crippen molar-refractivity contribution in [1.82, 2.24) is 9.47 Å². The van der Waals surface area contributed by atoms with Crippen molar-refractivity contribution in [1.29, 1.82) is 0 Å². The third-order valence-electron chi connectivity index (χ3n) is 9.87. The van der Waals surface area contributed by atoms with Crippen LogP contribution in [0.5, 0.6) is 0 Å². The highest BCUT2D eigenvalue weighted by Crippen LogP contribution is 2.39. The molecule has 1 N–H and O–H groups in total. The first-order chi connectivity index (χ1) is 21.0. The number of hydrogen-bond acceptors (Lipinski definition) is 3. The van der Waals surface area contributed by atoms with Crippen molar-refractivity contribution >= 4 is 23.4 Å². The summed E-state index contributed by atoms with van der Waals surface area (Å²) in [6.07, 6.45) is 14.8. The predicted octanol–water partition coefficient (Wildman–Crippen LogP) is 9.27. The van der Waals surface area contributed by atoms with Crippen molar-refractivity contribution in [2.24, 2.45) is 0 Å². The minimum atomic E-state index is -0.780. The van der Waals surface area contributed by atoms with Crippen LogP contribution in [-0.4, -0.2) is 33.6 Å². The summed E-state index contributed by atoms with van der Waals surface area (Å²) in [6.45, 7) is 7.64. The van der Waals surface area contributed by atoms with Gasteiger partial charge in [0, 0.05) is 40.3 Å². The molecule has 43 heavy (non-hydrogen) atoms. The van der Waals surface area contributed by atoms with Gasteiger partial charge in [-0.25, -0.2) is 0 Å². The molecule has 4 aromatic rings. The lowest BCUT2D eigenvalue weighted by Gasteiger charge is -2.39. The number of aliphatic carboxylic acids is 1. The standard InChI is InChI=1S/C38H44N2O2S/c1-3-10-35-28(2)34(27-40(35)25-29-15-17-31(18-16-29)30-11-6-4-7-12-30)36-20-19-33(43-36)26-39-23-21-38(22-24-39,37(41)42)32-13-8-5-9-14-32/h3,5,8-10,13-20,27,30H,4,6-7,11-12,21-26H2,1-2H3,(H,41,42)/b10-3-. The average Bonchev–Trinajstić information content (AvgIpc) is 3.63. The van der Waals surface area contributed by atoms with Gasteiger partial charge in [0.15, 0.2) is 0 Å². The van der Waals surface area contributed by atoms with E-state index in [9.17, 15) is 9.90 Å². The maximum Gasteiger partial charge on any atom is 0.314 e. The highest BCUT2D eigenvalue weighted by Gasteiger charge is 2.43. The van der Waals surface area contributed by atoms with Crippen LogP contribution in [-0.2, 0) is 23.3 Å². The van der Waals surface area contributed by atoms with Crippen LogP contribution in [0, 0.1) is 6.92 Å². The molecule has 2 aromatic carbocycles. The molecule has 0 bridgehead atoms. The Bertz CT molecular complexity index is 1550. The highest BCUT2D eigenvalue weighted by atomic mass is 32.1. The van der Waals surface area contributed by atoms with Gasteiger partial charge in [-0.1, -0.05) is 79.9 Å². The van der Waals surface area contributed by atoms with E-state index < -0.39 is 11.4 Å². The topological polar surface area (TPSA) is 45.5 Å². The smallest absolute Gasteiger partial charge is 0.314 e. The van der Waals surface area contributed by atoms with Crippen LogP contribution in [0.4, 0.5) is 0 Å². The first-order valence-corrected chi connectivity index (χ1v) is 16.8. The van der Waals surface area contributed by atoms with Gasteiger partial charge in [-0.3, -0.25) is 9.69 Å². The Hall–Kier alpha value is -3.41. The average molecular weight is 593 g/mol. The molecule has 5 heteroatoms. The number of likely N-dealkylation sites (tertiary alicyclic amines) is 1. The van der Waals surface area contributed by atoms with Gasteiger partial charge in [0.05, 0.1) is 5.41 Å². The Balaban J connectivity index is 1.15. The second kappa shape index (κ2) is 13.1. The highest BCUT2D eigenvalue weighted by molar-refractivity contribution is 7.15. The summed E-state index contributed by atoms with van der Waals surface area (Å²) in [4.78, 5) is 17.4. The molecule has 1 aliphatic carbocycles. The summed E-state index contributed by atoms with van der Waals surface area (Å²) in [5, 5.41) is 10.2. The molecule has 1 saturated heterocycles. The van der Waals surface area contributed by atoms with Gasteiger partial charge < -0.3 is 9.67 Å². The van der Waals surface area contributed by atoms with Gasteiger partial charge in [-0.15, -0.1) is 11.3 Å². The van der Waals surface area contributed by atoms with Crippen molar-refractivity contribution in [3.05, 3.63) is 112 Å². The van der Waals surface area contributed by atoms with Gasteiger partial charge in [-0.05, 0) is 99.0 Å². The Kier molecular flexibility index (Phi) is 9.01. The molecular weight excluding hydrogens is 548 g/mol. The van der Waals surface area contributed by atoms with E-state index in [2.05, 4.69) is 78.1 Å². The van der Waals surface area contributed by atoms with Gasteiger partial charge in [-0.2, -0.15) is 0 Å². The quantitative estimate of drug-likeness (QED) is 0.211. The lowest BCUT2D eigenvalue weighted by Crippen LogP contribution is -2.46. The van der Waals surface area contributed by atoms with E-state index in [0.29, 0.717) is 12.8 Å². The van der Waals surface area contributed by atoms with Crippen LogP contribution in [0.25, 0.3) is 16.5 Å². The van der Waals surface area contributed by atoms with Gasteiger partial charge in [0.1, 0.15) is 0 Å². The fourth-order valence-electron chi connectivity index (χ4n) is 7.27. The maximum absolute atomic E-state index is 12.4. The molecule has 224 valence electrons. The molecule has 0 atom stereocenters. The third kappa shape index (κ3) is 6.30. The van der Waals surface area contributed by atoms with Crippen molar-refractivity contribution < 1.29 is 9.90 Å². The fraction of sp³-hybridized carbons (Fsp3) is 0.395. The predicted molar refractivity (Wildman–Crippen MR) is 179 cm³/mol. The van der Waals surface area contributed by atoms with Crippen molar-refractivity contribution in [3.8, 4) is 10.4 Å². The number of thiophene rings is 1. The molecule has 1 saturated carbocycles. The first kappa shape index (κ1) is 29.7. The summed E-state index contributed by atoms with van der Waals surface area (Å²) in [5.74, 6) is 0.0391. The number of aromatic nitrogens is 1. The zero-order chi connectivity index (χ0) is 29.8. The molecule has 2 aliphatic rings. The van der Waals surface area contributed by atoms with Crippen molar-refractivity contribution in [3.63, 3.8) is 0 Å². The zero-order valence-corrected chi connectivity index (χ0v) is 26.4. The number of nitrogens with zero attached hydrogens (tertiary/aromatic N) is 2. The number of rotatable bonds is 9. The molecule has 6 rings (SSSR count). The Morgan fingerprint density at radius 1 is 0.953 bits per heavy atom. The number of piperidine rings is 1. The number of carbonyl (C=O) groups is 1. The monoisotopic (exact) mass is 592 g/mol. The Labute approximate surface area is 260 Å². The molecule has 3 heterocycles. The summed E-state index contributed by atoms with van der Waals surface area (Å²) in [6, 6.07) is 23.7. The Morgan fingerprint density at radius 2 is 1.67 bits per heavy atom. The van der Waals surface area contributed by atoms with Gasteiger partial charge >= 0.3 is 5.97 Å². The van der Waals surface area contributed by atoms with Gasteiger partial charge in [0.2, 0.25) is 0 Å². The molecule has 0 unspecified atom stereocenters. The SMILES string of the molecule is C/C=C\c1c(C)c(-c2ccc(CN3CCC(C(=O)O)(c4ccccc4)CC3)s2)cn1Cc1ccc(C2CCCCC2)cc1. The Morgan fingerprint density at radius 3 is 2.35 bits per heavy atom. The first-order valence-electron chi connectivity index (χ1n) is 16.0. The second-order valence-corrected chi connectivity index (χ2v) is 13.7. The molecule has 4 nitrogen and oxygen atoms in total. The van der Waals surface area contributed by atoms with Crippen LogP contribution in [0.15, 0.2) is 79.0 Å². The number of carboxylic acids is 1. The zero-order valence-electron chi connectivity index (χ0n) is 25.6. The number of carboxylic acid groups (broad SMARTS) is 1. The molecule has 0 radical (unpaired) electrons. The number of hydrogen-bond donors (Lipinski definition) is 1. The number of allylic oxidation sites excluding steroid dienone is 1. The van der Waals surface area contributed by atoms with Crippen LogP contribution in [0.3, 0.4) is 0 Å². The van der Waals surface area contributed by atoms with Crippen LogP contribution < -0.4 is 0 Å². The van der Waals surface area contributed by atoms with E-state index in [1.165, 1.54) is 69.8 Å². The lowest BCUT2D eigenvalue weighted by molar-refractivity contribution is -0.146. The molecule has 2 fully saturated rings. The third-order valence-corrected chi connectivity index (χ3v) is 11.0. The molecular formula is C38H44N2O2S. The van der Waals surface area contributed by atoms with E-state index in [-0.39, 0.29) is 0 Å². The van der Waals surface area contributed by atoms with Gasteiger partial charge in [0.25, 0.3) is 0 Å². The van der Waals surface area contributed by atoms with Crippen LogP contribution >= 0.6 is 11.3 Å². The minimum Gasteiger partial charge on any atom is -0.481 e.